The minimum absolute atomic E-state index is 0.0369. The van der Waals surface area contributed by atoms with Gasteiger partial charge >= 0.3 is 0 Å². The van der Waals surface area contributed by atoms with Crippen molar-refractivity contribution < 1.29 is 22.0 Å². The van der Waals surface area contributed by atoms with Crippen LogP contribution in [0, 0.1) is 5.82 Å². The molecule has 2 rings (SSSR count). The minimum atomic E-state index is -3.74. The summed E-state index contributed by atoms with van der Waals surface area (Å²) in [5.74, 6) is -0.663. The van der Waals surface area contributed by atoms with E-state index in [9.17, 15) is 12.8 Å². The summed E-state index contributed by atoms with van der Waals surface area (Å²) in [6.07, 6.45) is 3.56. The van der Waals surface area contributed by atoms with E-state index in [2.05, 4.69) is 4.72 Å². The molecule has 0 unspecified atom stereocenters. The highest BCUT2D eigenvalue weighted by Crippen LogP contribution is 2.20. The Kier molecular flexibility index (Phi) is 4.98. The van der Waals surface area contributed by atoms with Crippen LogP contribution in [-0.2, 0) is 16.4 Å². The molecule has 0 saturated carbocycles. The molecule has 1 N–H and O–H groups in total. The Balaban J connectivity index is 2.03. The summed E-state index contributed by atoms with van der Waals surface area (Å²) in [6.45, 7) is 2.24. The second-order valence-corrected chi connectivity index (χ2v) is 6.07. The molecule has 1 aromatic heterocycles. The van der Waals surface area contributed by atoms with E-state index in [1.807, 2.05) is 0 Å². The lowest BCUT2D eigenvalue weighted by Gasteiger charge is -2.08. The van der Waals surface area contributed by atoms with Gasteiger partial charge in [-0.25, -0.2) is 17.5 Å². The van der Waals surface area contributed by atoms with Gasteiger partial charge in [-0.15, -0.1) is 0 Å². The molecule has 0 aliphatic carbocycles. The maximum atomic E-state index is 13.7. The molecule has 0 amide bonds. The lowest BCUT2D eigenvalue weighted by atomic mass is 10.2. The van der Waals surface area contributed by atoms with Crippen molar-refractivity contribution in [3.8, 4) is 5.75 Å². The number of ether oxygens (including phenoxy) is 1. The zero-order chi connectivity index (χ0) is 15.3. The molecule has 1 aromatic carbocycles. The third-order valence-corrected chi connectivity index (χ3v) is 4.26. The quantitative estimate of drug-likeness (QED) is 0.852. The molecule has 0 aliphatic heterocycles. The Bertz CT molecular complexity index is 683. The van der Waals surface area contributed by atoms with Gasteiger partial charge in [0.05, 0.1) is 24.0 Å². The smallest absolute Gasteiger partial charge is 0.240 e. The van der Waals surface area contributed by atoms with Gasteiger partial charge in [0, 0.05) is 6.54 Å². The number of nitrogens with one attached hydrogen (secondary N) is 1. The maximum Gasteiger partial charge on any atom is 0.240 e. The molecular formula is C14H16FNO4S. The van der Waals surface area contributed by atoms with Crippen LogP contribution in [0.3, 0.4) is 0 Å². The molecule has 5 nitrogen and oxygen atoms in total. The predicted molar refractivity (Wildman–Crippen MR) is 75.2 cm³/mol. The summed E-state index contributed by atoms with van der Waals surface area (Å²) >= 11 is 0. The average molecular weight is 313 g/mol. The summed E-state index contributed by atoms with van der Waals surface area (Å²) in [7, 11) is -3.74. The van der Waals surface area contributed by atoms with Crippen LogP contribution in [0.2, 0.25) is 0 Å². The van der Waals surface area contributed by atoms with E-state index < -0.39 is 15.8 Å². The van der Waals surface area contributed by atoms with Crippen LogP contribution >= 0.6 is 0 Å². The van der Waals surface area contributed by atoms with Crippen molar-refractivity contribution in [2.24, 2.45) is 0 Å². The highest BCUT2D eigenvalue weighted by molar-refractivity contribution is 7.89. The largest absolute Gasteiger partial charge is 0.491 e. The molecule has 7 heteroatoms. The highest BCUT2D eigenvalue weighted by atomic mass is 32.2. The van der Waals surface area contributed by atoms with Crippen molar-refractivity contribution in [3.05, 3.63) is 48.2 Å². The fourth-order valence-electron chi connectivity index (χ4n) is 1.77. The normalized spacial score (nSPS) is 11.5. The van der Waals surface area contributed by atoms with Gasteiger partial charge in [0.25, 0.3) is 0 Å². The number of hydrogen-bond acceptors (Lipinski definition) is 4. The molecule has 0 bridgehead atoms. The first kappa shape index (κ1) is 15.5. The Morgan fingerprint density at radius 1 is 1.33 bits per heavy atom. The van der Waals surface area contributed by atoms with Crippen molar-refractivity contribution in [2.45, 2.75) is 18.2 Å². The molecule has 0 spiro atoms. The van der Waals surface area contributed by atoms with Crippen molar-refractivity contribution in [3.63, 3.8) is 0 Å². The van der Waals surface area contributed by atoms with Gasteiger partial charge in [0.1, 0.15) is 0 Å². The van der Waals surface area contributed by atoms with Gasteiger partial charge in [-0.05, 0) is 43.2 Å². The van der Waals surface area contributed by atoms with Crippen molar-refractivity contribution in [2.75, 3.05) is 13.2 Å². The Morgan fingerprint density at radius 3 is 2.76 bits per heavy atom. The zero-order valence-corrected chi connectivity index (χ0v) is 12.3. The zero-order valence-electron chi connectivity index (χ0n) is 11.5. The fourth-order valence-corrected chi connectivity index (χ4v) is 2.81. The van der Waals surface area contributed by atoms with Crippen LogP contribution in [0.25, 0.3) is 0 Å². The first-order valence-corrected chi connectivity index (χ1v) is 7.94. The van der Waals surface area contributed by atoms with Crippen molar-refractivity contribution in [1.82, 2.24) is 4.72 Å². The third-order valence-electron chi connectivity index (χ3n) is 2.80. The topological polar surface area (TPSA) is 68.5 Å². The van der Waals surface area contributed by atoms with Crippen LogP contribution in [-0.4, -0.2) is 21.6 Å². The van der Waals surface area contributed by atoms with Crippen LogP contribution in [0.15, 0.2) is 46.1 Å². The number of sulfonamides is 1. The molecule has 0 atom stereocenters. The summed E-state index contributed by atoms with van der Waals surface area (Å²) < 4.78 is 50.1. The molecule has 114 valence electrons. The lowest BCUT2D eigenvalue weighted by molar-refractivity contribution is 0.321. The molecule has 0 radical (unpaired) electrons. The molecule has 1 heterocycles. The third kappa shape index (κ3) is 4.05. The van der Waals surface area contributed by atoms with Gasteiger partial charge in [0.15, 0.2) is 11.6 Å². The van der Waals surface area contributed by atoms with Gasteiger partial charge in [-0.3, -0.25) is 0 Å². The van der Waals surface area contributed by atoms with Crippen LogP contribution in [0.1, 0.15) is 12.5 Å². The summed E-state index contributed by atoms with van der Waals surface area (Å²) in [5.41, 5.74) is 0.885. The van der Waals surface area contributed by atoms with E-state index >= 15 is 0 Å². The first-order valence-electron chi connectivity index (χ1n) is 6.46. The second kappa shape index (κ2) is 6.73. The Hall–Kier alpha value is -1.86. The van der Waals surface area contributed by atoms with Gasteiger partial charge in [0.2, 0.25) is 10.0 Å². The molecule has 0 aliphatic rings. The summed E-state index contributed by atoms with van der Waals surface area (Å²) in [6, 6.07) is 5.33. The first-order chi connectivity index (χ1) is 10.0. The van der Waals surface area contributed by atoms with Gasteiger partial charge in [-0.1, -0.05) is 0 Å². The van der Waals surface area contributed by atoms with E-state index in [0.717, 1.165) is 11.6 Å². The number of benzene rings is 1. The van der Waals surface area contributed by atoms with Gasteiger partial charge < -0.3 is 9.15 Å². The van der Waals surface area contributed by atoms with E-state index in [-0.39, 0.29) is 17.2 Å². The highest BCUT2D eigenvalue weighted by Gasteiger charge is 2.16. The van der Waals surface area contributed by atoms with Crippen molar-refractivity contribution >= 4 is 10.0 Å². The fraction of sp³-hybridized carbons (Fsp3) is 0.286. The lowest BCUT2D eigenvalue weighted by Crippen LogP contribution is -2.26. The number of rotatable bonds is 7. The van der Waals surface area contributed by atoms with E-state index in [1.165, 1.54) is 18.4 Å². The van der Waals surface area contributed by atoms with E-state index in [1.54, 1.807) is 19.3 Å². The van der Waals surface area contributed by atoms with Crippen LogP contribution in [0.4, 0.5) is 4.39 Å². The monoisotopic (exact) mass is 313 g/mol. The summed E-state index contributed by atoms with van der Waals surface area (Å²) in [4.78, 5) is -0.129. The Labute approximate surface area is 122 Å². The van der Waals surface area contributed by atoms with Crippen LogP contribution < -0.4 is 9.46 Å². The molecule has 0 saturated heterocycles. The molecule has 21 heavy (non-hydrogen) atoms. The maximum absolute atomic E-state index is 13.7. The second-order valence-electron chi connectivity index (χ2n) is 4.30. The average Bonchev–Trinajstić information content (AvgIpc) is 2.94. The molecular weight excluding hydrogens is 297 g/mol. The van der Waals surface area contributed by atoms with Gasteiger partial charge in [-0.2, -0.15) is 0 Å². The summed E-state index contributed by atoms with van der Waals surface area (Å²) in [5, 5.41) is 0. The predicted octanol–water partition coefficient (Wildman–Crippen LogP) is 2.34. The number of halogens is 1. The van der Waals surface area contributed by atoms with E-state index in [4.69, 9.17) is 9.15 Å². The SMILES string of the molecule is CCOc1ccc(S(=O)(=O)NCCc2ccoc2)cc1F. The molecule has 0 fully saturated rings. The number of hydrogen-bond donors (Lipinski definition) is 1. The molecule has 2 aromatic rings. The minimum Gasteiger partial charge on any atom is -0.491 e. The van der Waals surface area contributed by atoms with Crippen LogP contribution in [0.5, 0.6) is 5.75 Å². The van der Waals surface area contributed by atoms with Crippen molar-refractivity contribution in [1.29, 1.82) is 0 Å². The van der Waals surface area contributed by atoms with E-state index in [0.29, 0.717) is 13.0 Å². The Morgan fingerprint density at radius 2 is 2.14 bits per heavy atom. The number of furan rings is 1. The standard InChI is InChI=1S/C14H16FNO4S/c1-2-20-14-4-3-12(9-13(14)15)21(17,18)16-7-5-11-6-8-19-10-11/h3-4,6,8-10,16H,2,5,7H2,1H3.